The van der Waals surface area contributed by atoms with Crippen LogP contribution in [0.3, 0.4) is 0 Å². The average Bonchev–Trinajstić information content (AvgIpc) is 2.91. The second kappa shape index (κ2) is 7.72. The van der Waals surface area contributed by atoms with Crippen LogP contribution < -0.4 is 14.8 Å². The number of hydrogen-bond donors (Lipinski definition) is 1. The van der Waals surface area contributed by atoms with Crippen molar-refractivity contribution < 1.29 is 14.3 Å². The predicted molar refractivity (Wildman–Crippen MR) is 105 cm³/mol. The molecule has 0 bridgehead atoms. The third kappa shape index (κ3) is 4.41. The Labute approximate surface area is 156 Å². The molecule has 0 radical (unpaired) electrons. The highest BCUT2D eigenvalue weighted by Crippen LogP contribution is 2.32. The van der Waals surface area contributed by atoms with E-state index in [1.807, 2.05) is 30.3 Å². The summed E-state index contributed by atoms with van der Waals surface area (Å²) in [5.41, 5.74) is 3.14. The Kier molecular flexibility index (Phi) is 5.40. The summed E-state index contributed by atoms with van der Waals surface area (Å²) in [4.78, 5) is 12.3. The van der Waals surface area contributed by atoms with Crippen molar-refractivity contribution in [3.05, 3.63) is 64.1 Å². The first-order chi connectivity index (χ1) is 12.0. The molecule has 0 saturated carbocycles. The number of methoxy groups -OCH3 is 1. The van der Waals surface area contributed by atoms with Gasteiger partial charge in [0.1, 0.15) is 10.9 Å². The van der Waals surface area contributed by atoms with Crippen LogP contribution in [-0.2, 0) is 11.4 Å². The van der Waals surface area contributed by atoms with Crippen molar-refractivity contribution in [2.24, 2.45) is 0 Å². The van der Waals surface area contributed by atoms with Gasteiger partial charge in [-0.25, -0.2) is 0 Å². The minimum atomic E-state index is -0.172. The summed E-state index contributed by atoms with van der Waals surface area (Å²) in [6.45, 7) is 2.51. The number of aryl methyl sites for hydroxylation is 1. The van der Waals surface area contributed by atoms with Gasteiger partial charge in [-0.1, -0.05) is 59.9 Å². The van der Waals surface area contributed by atoms with Gasteiger partial charge < -0.3 is 14.8 Å². The lowest BCUT2D eigenvalue weighted by Crippen LogP contribution is -2.17. The quantitative estimate of drug-likeness (QED) is 0.634. The maximum absolute atomic E-state index is 11.8. The number of nitrogens with one attached hydrogen (secondary N) is 1. The van der Waals surface area contributed by atoms with Gasteiger partial charge in [0.2, 0.25) is 0 Å². The van der Waals surface area contributed by atoms with E-state index in [-0.39, 0.29) is 5.91 Å². The number of rotatable bonds is 5. The molecule has 2 aromatic rings. The number of carbonyl (C=O) groups is 1. The maximum Gasteiger partial charge on any atom is 0.263 e. The van der Waals surface area contributed by atoms with Crippen molar-refractivity contribution in [1.82, 2.24) is 5.32 Å². The fraction of sp³-hybridized carbons (Fsp3) is 0.158. The van der Waals surface area contributed by atoms with Gasteiger partial charge in [0.25, 0.3) is 5.91 Å². The highest BCUT2D eigenvalue weighted by Gasteiger charge is 2.22. The molecule has 0 spiro atoms. The Balaban J connectivity index is 1.77. The molecule has 0 aromatic heterocycles. The average molecular weight is 371 g/mol. The van der Waals surface area contributed by atoms with Crippen molar-refractivity contribution in [2.45, 2.75) is 13.5 Å². The maximum atomic E-state index is 11.8. The zero-order valence-corrected chi connectivity index (χ0v) is 15.5. The molecule has 1 heterocycles. The Morgan fingerprint density at radius 1 is 1.20 bits per heavy atom. The molecule has 1 saturated heterocycles. The van der Waals surface area contributed by atoms with Crippen molar-refractivity contribution in [3.8, 4) is 11.5 Å². The number of thiocarbonyl (C=S) groups is 1. The predicted octanol–water partition coefficient (Wildman–Crippen LogP) is 4.07. The second-order valence-electron chi connectivity index (χ2n) is 5.54. The molecule has 0 aliphatic carbocycles. The molecule has 0 unspecified atom stereocenters. The van der Waals surface area contributed by atoms with Gasteiger partial charge in [0.05, 0.1) is 12.0 Å². The van der Waals surface area contributed by atoms with Crippen LogP contribution in [0.1, 0.15) is 16.7 Å². The molecule has 1 fully saturated rings. The molecule has 1 aliphatic heterocycles. The van der Waals surface area contributed by atoms with Gasteiger partial charge in [-0.15, -0.1) is 0 Å². The number of amides is 1. The number of ether oxygens (including phenoxy) is 2. The molecule has 4 nitrogen and oxygen atoms in total. The summed E-state index contributed by atoms with van der Waals surface area (Å²) >= 11 is 6.25. The Bertz CT molecular complexity index is 861. The molecule has 2 aromatic carbocycles. The Morgan fingerprint density at radius 2 is 2.04 bits per heavy atom. The number of hydrogen-bond acceptors (Lipinski definition) is 5. The van der Waals surface area contributed by atoms with E-state index < -0.39 is 0 Å². The van der Waals surface area contributed by atoms with E-state index in [0.717, 1.165) is 11.1 Å². The first-order valence-electron chi connectivity index (χ1n) is 7.66. The lowest BCUT2D eigenvalue weighted by atomic mass is 10.1. The van der Waals surface area contributed by atoms with Crippen LogP contribution in [0.2, 0.25) is 0 Å². The van der Waals surface area contributed by atoms with E-state index in [9.17, 15) is 4.79 Å². The molecule has 1 aliphatic rings. The zero-order valence-electron chi connectivity index (χ0n) is 13.9. The normalized spacial score (nSPS) is 15.4. The number of thioether (sulfide) groups is 1. The first-order valence-corrected chi connectivity index (χ1v) is 8.89. The van der Waals surface area contributed by atoms with E-state index in [1.54, 1.807) is 13.2 Å². The van der Waals surface area contributed by atoms with Crippen LogP contribution in [0.4, 0.5) is 0 Å². The highest BCUT2D eigenvalue weighted by atomic mass is 32.2. The molecule has 3 rings (SSSR count). The molecule has 0 atom stereocenters. The largest absolute Gasteiger partial charge is 0.493 e. The van der Waals surface area contributed by atoms with E-state index >= 15 is 0 Å². The third-order valence-corrected chi connectivity index (χ3v) is 4.77. The summed E-state index contributed by atoms with van der Waals surface area (Å²) in [7, 11) is 1.60. The van der Waals surface area contributed by atoms with E-state index in [1.165, 1.54) is 17.3 Å². The van der Waals surface area contributed by atoms with E-state index in [0.29, 0.717) is 27.3 Å². The second-order valence-corrected chi connectivity index (χ2v) is 7.26. The topological polar surface area (TPSA) is 47.6 Å². The molecule has 6 heteroatoms. The summed E-state index contributed by atoms with van der Waals surface area (Å²) in [5, 5.41) is 2.60. The summed E-state index contributed by atoms with van der Waals surface area (Å²) in [6.07, 6.45) is 1.78. The lowest BCUT2D eigenvalue weighted by Gasteiger charge is -2.12. The number of carbonyl (C=O) groups excluding carboxylic acids is 1. The monoisotopic (exact) mass is 371 g/mol. The van der Waals surface area contributed by atoms with Crippen molar-refractivity contribution in [2.75, 3.05) is 7.11 Å². The van der Waals surface area contributed by atoms with Crippen molar-refractivity contribution >= 4 is 40.3 Å². The first kappa shape index (κ1) is 17.5. The number of benzene rings is 2. The van der Waals surface area contributed by atoms with Gasteiger partial charge in [-0.05, 0) is 36.3 Å². The fourth-order valence-electron chi connectivity index (χ4n) is 2.43. The van der Waals surface area contributed by atoms with Crippen LogP contribution in [0.15, 0.2) is 47.4 Å². The van der Waals surface area contributed by atoms with Crippen LogP contribution in [0.25, 0.3) is 6.08 Å². The molecular formula is C19H17NO3S2. The standard InChI is InChI=1S/C19H17NO3S2/c1-12-4-3-5-14(8-12)11-23-15-7-6-13(9-16(15)22-2)10-17-18(21)20-19(24)25-17/h3-10H,11H2,1-2H3,(H,20,21,24). The Morgan fingerprint density at radius 3 is 2.72 bits per heavy atom. The Hall–Kier alpha value is -2.31. The fourth-order valence-corrected chi connectivity index (χ4v) is 3.47. The third-order valence-electron chi connectivity index (χ3n) is 3.60. The summed E-state index contributed by atoms with van der Waals surface area (Å²) in [6, 6.07) is 13.7. The highest BCUT2D eigenvalue weighted by molar-refractivity contribution is 8.26. The molecule has 25 heavy (non-hydrogen) atoms. The minimum Gasteiger partial charge on any atom is -0.493 e. The SMILES string of the molecule is COc1cc(C=C2SC(=S)NC2=O)ccc1OCc1cccc(C)c1. The van der Waals surface area contributed by atoms with E-state index in [2.05, 4.69) is 24.4 Å². The van der Waals surface area contributed by atoms with Crippen molar-refractivity contribution in [3.63, 3.8) is 0 Å². The van der Waals surface area contributed by atoms with Crippen LogP contribution >= 0.6 is 24.0 Å². The molecular weight excluding hydrogens is 354 g/mol. The van der Waals surface area contributed by atoms with Gasteiger partial charge in [0.15, 0.2) is 11.5 Å². The molecule has 1 amide bonds. The van der Waals surface area contributed by atoms with Gasteiger partial charge >= 0.3 is 0 Å². The van der Waals surface area contributed by atoms with Crippen LogP contribution in [-0.4, -0.2) is 17.3 Å². The van der Waals surface area contributed by atoms with Gasteiger partial charge in [-0.2, -0.15) is 0 Å². The van der Waals surface area contributed by atoms with Gasteiger partial charge in [-0.3, -0.25) is 4.79 Å². The smallest absolute Gasteiger partial charge is 0.263 e. The molecule has 128 valence electrons. The van der Waals surface area contributed by atoms with Crippen LogP contribution in [0.5, 0.6) is 11.5 Å². The van der Waals surface area contributed by atoms with Crippen LogP contribution in [0, 0.1) is 6.92 Å². The minimum absolute atomic E-state index is 0.172. The molecule has 1 N–H and O–H groups in total. The van der Waals surface area contributed by atoms with Gasteiger partial charge in [0, 0.05) is 0 Å². The zero-order chi connectivity index (χ0) is 17.8. The van der Waals surface area contributed by atoms with E-state index in [4.69, 9.17) is 21.7 Å². The summed E-state index contributed by atoms with van der Waals surface area (Å²) < 4.78 is 11.8. The van der Waals surface area contributed by atoms with Crippen molar-refractivity contribution in [1.29, 1.82) is 0 Å². The summed E-state index contributed by atoms with van der Waals surface area (Å²) in [5.74, 6) is 1.10. The lowest BCUT2D eigenvalue weighted by molar-refractivity contribution is -0.115.